The van der Waals surface area contributed by atoms with Gasteiger partial charge in [-0.3, -0.25) is 0 Å². The van der Waals surface area contributed by atoms with Gasteiger partial charge in [-0.1, -0.05) is 43.9 Å². The maximum atomic E-state index is 3.95. The number of nitrogens with one attached hydrogen (secondary N) is 1. The number of aryl methyl sites for hydroxylation is 3. The van der Waals surface area contributed by atoms with E-state index in [1.807, 2.05) is 0 Å². The molecule has 1 aliphatic carbocycles. The zero-order valence-electron chi connectivity index (χ0n) is 14.6. The second-order valence-corrected chi connectivity index (χ2v) is 7.11. The molecule has 21 heavy (non-hydrogen) atoms. The third kappa shape index (κ3) is 4.10. The van der Waals surface area contributed by atoms with Gasteiger partial charge in [0.1, 0.15) is 0 Å². The van der Waals surface area contributed by atoms with E-state index in [0.29, 0.717) is 12.1 Å². The van der Waals surface area contributed by atoms with E-state index >= 15 is 0 Å². The van der Waals surface area contributed by atoms with Crippen LogP contribution >= 0.6 is 0 Å². The maximum absolute atomic E-state index is 3.95. The lowest BCUT2D eigenvalue weighted by Crippen LogP contribution is -2.38. The summed E-state index contributed by atoms with van der Waals surface area (Å²) in [5.41, 5.74) is 5.76. The van der Waals surface area contributed by atoms with Gasteiger partial charge in [0.25, 0.3) is 0 Å². The molecule has 1 fully saturated rings. The Labute approximate surface area is 131 Å². The Hall–Kier alpha value is -0.820. The van der Waals surface area contributed by atoms with Gasteiger partial charge in [-0.2, -0.15) is 0 Å². The molecular weight excluding hydrogens is 254 g/mol. The first-order valence-electron chi connectivity index (χ1n) is 8.86. The van der Waals surface area contributed by atoms with Crippen LogP contribution in [0.25, 0.3) is 0 Å². The molecule has 1 saturated carbocycles. The molecule has 0 aliphatic heterocycles. The van der Waals surface area contributed by atoms with Gasteiger partial charge in [0, 0.05) is 12.1 Å². The molecule has 1 aliphatic rings. The van der Waals surface area contributed by atoms with Gasteiger partial charge in [-0.05, 0) is 69.6 Å². The van der Waals surface area contributed by atoms with Crippen molar-refractivity contribution in [2.75, 3.05) is 0 Å². The average molecular weight is 287 g/mol. The standard InChI is InChI=1S/C20H33N/c1-6-19(18-10-8-7-9-11-18)21-17(5)20-15(3)12-14(2)13-16(20)4/h12-13,17-19,21H,6-11H2,1-5H3. The van der Waals surface area contributed by atoms with Crippen molar-refractivity contribution < 1.29 is 0 Å². The van der Waals surface area contributed by atoms with Gasteiger partial charge >= 0.3 is 0 Å². The van der Waals surface area contributed by atoms with Gasteiger partial charge < -0.3 is 5.32 Å². The van der Waals surface area contributed by atoms with Crippen molar-refractivity contribution in [1.29, 1.82) is 0 Å². The minimum absolute atomic E-state index is 0.456. The molecule has 0 saturated heterocycles. The molecule has 0 heterocycles. The van der Waals surface area contributed by atoms with Crippen LogP contribution in [0.5, 0.6) is 0 Å². The van der Waals surface area contributed by atoms with Crippen LogP contribution in [0.1, 0.15) is 80.7 Å². The topological polar surface area (TPSA) is 12.0 Å². The average Bonchev–Trinajstić information content (AvgIpc) is 2.44. The van der Waals surface area contributed by atoms with Crippen LogP contribution < -0.4 is 5.32 Å². The van der Waals surface area contributed by atoms with Gasteiger partial charge in [-0.25, -0.2) is 0 Å². The van der Waals surface area contributed by atoms with Crippen molar-refractivity contribution in [3.05, 3.63) is 34.4 Å². The van der Waals surface area contributed by atoms with E-state index in [-0.39, 0.29) is 0 Å². The molecule has 2 rings (SSSR count). The monoisotopic (exact) mass is 287 g/mol. The van der Waals surface area contributed by atoms with Crippen molar-refractivity contribution >= 4 is 0 Å². The van der Waals surface area contributed by atoms with Crippen LogP contribution in [0.2, 0.25) is 0 Å². The van der Waals surface area contributed by atoms with Crippen molar-refractivity contribution in [1.82, 2.24) is 5.32 Å². The van der Waals surface area contributed by atoms with Crippen LogP contribution in [0.4, 0.5) is 0 Å². The SMILES string of the molecule is CCC(NC(C)c1c(C)cc(C)cc1C)C1CCCCC1. The summed E-state index contributed by atoms with van der Waals surface area (Å²) in [5, 5.41) is 3.95. The van der Waals surface area contributed by atoms with E-state index in [9.17, 15) is 0 Å². The van der Waals surface area contributed by atoms with Crippen LogP contribution in [-0.4, -0.2) is 6.04 Å². The molecule has 0 spiro atoms. The molecule has 118 valence electrons. The Bertz CT molecular complexity index is 434. The predicted octanol–water partition coefficient (Wildman–Crippen LogP) is 5.62. The second-order valence-electron chi connectivity index (χ2n) is 7.11. The molecule has 1 aromatic carbocycles. The molecule has 0 radical (unpaired) electrons. The number of hydrogen-bond acceptors (Lipinski definition) is 1. The Balaban J connectivity index is 2.10. The summed E-state index contributed by atoms with van der Waals surface area (Å²) in [5.74, 6) is 0.886. The lowest BCUT2D eigenvalue weighted by atomic mass is 9.82. The highest BCUT2D eigenvalue weighted by Gasteiger charge is 2.24. The maximum Gasteiger partial charge on any atom is 0.0299 e. The van der Waals surface area contributed by atoms with Gasteiger partial charge in [0.15, 0.2) is 0 Å². The summed E-state index contributed by atoms with van der Waals surface area (Å²) in [6.07, 6.45) is 8.39. The largest absolute Gasteiger partial charge is 0.307 e. The van der Waals surface area contributed by atoms with Gasteiger partial charge in [-0.15, -0.1) is 0 Å². The fraction of sp³-hybridized carbons (Fsp3) is 0.700. The highest BCUT2D eigenvalue weighted by molar-refractivity contribution is 5.39. The summed E-state index contributed by atoms with van der Waals surface area (Å²) in [7, 11) is 0. The number of rotatable bonds is 5. The molecular formula is C20H33N. The molecule has 1 heteroatoms. The van der Waals surface area contributed by atoms with Gasteiger partial charge in [0.05, 0.1) is 0 Å². The third-order valence-electron chi connectivity index (χ3n) is 5.29. The summed E-state index contributed by atoms with van der Waals surface area (Å²) >= 11 is 0. The number of hydrogen-bond donors (Lipinski definition) is 1. The Morgan fingerprint density at radius 1 is 1.05 bits per heavy atom. The lowest BCUT2D eigenvalue weighted by Gasteiger charge is -2.33. The first-order valence-corrected chi connectivity index (χ1v) is 8.86. The van der Waals surface area contributed by atoms with Crippen LogP contribution in [0.3, 0.4) is 0 Å². The van der Waals surface area contributed by atoms with E-state index in [1.54, 1.807) is 0 Å². The van der Waals surface area contributed by atoms with Crippen molar-refractivity contribution in [2.24, 2.45) is 5.92 Å². The molecule has 2 atom stereocenters. The summed E-state index contributed by atoms with van der Waals surface area (Å²) < 4.78 is 0. The summed E-state index contributed by atoms with van der Waals surface area (Å²) in [6.45, 7) is 11.4. The first-order chi connectivity index (χ1) is 10.0. The van der Waals surface area contributed by atoms with Crippen molar-refractivity contribution in [3.8, 4) is 0 Å². The highest BCUT2D eigenvalue weighted by atomic mass is 15.0. The molecule has 1 nitrogen and oxygen atoms in total. The highest BCUT2D eigenvalue weighted by Crippen LogP contribution is 2.30. The minimum Gasteiger partial charge on any atom is -0.307 e. The lowest BCUT2D eigenvalue weighted by molar-refractivity contribution is 0.249. The van der Waals surface area contributed by atoms with Gasteiger partial charge in [0.2, 0.25) is 0 Å². The van der Waals surface area contributed by atoms with E-state index in [2.05, 4.69) is 52.1 Å². The zero-order valence-corrected chi connectivity index (χ0v) is 14.6. The van der Waals surface area contributed by atoms with Crippen LogP contribution in [0.15, 0.2) is 12.1 Å². The Morgan fingerprint density at radius 2 is 1.62 bits per heavy atom. The van der Waals surface area contributed by atoms with Crippen LogP contribution in [-0.2, 0) is 0 Å². The molecule has 2 unspecified atom stereocenters. The Morgan fingerprint density at radius 3 is 2.14 bits per heavy atom. The molecule has 0 aromatic heterocycles. The Kier molecular flexibility index (Phi) is 5.87. The zero-order chi connectivity index (χ0) is 15.4. The quantitative estimate of drug-likeness (QED) is 0.741. The molecule has 0 bridgehead atoms. The predicted molar refractivity (Wildman–Crippen MR) is 92.9 cm³/mol. The van der Waals surface area contributed by atoms with E-state index in [4.69, 9.17) is 0 Å². The molecule has 0 amide bonds. The van der Waals surface area contributed by atoms with Crippen molar-refractivity contribution in [3.63, 3.8) is 0 Å². The van der Waals surface area contributed by atoms with E-state index < -0.39 is 0 Å². The first kappa shape index (κ1) is 16.5. The summed E-state index contributed by atoms with van der Waals surface area (Å²) in [4.78, 5) is 0. The smallest absolute Gasteiger partial charge is 0.0299 e. The fourth-order valence-corrected chi connectivity index (χ4v) is 4.40. The number of benzene rings is 1. The molecule has 1 N–H and O–H groups in total. The second kappa shape index (κ2) is 7.45. The molecule has 1 aromatic rings. The van der Waals surface area contributed by atoms with Crippen LogP contribution in [0, 0.1) is 26.7 Å². The van der Waals surface area contributed by atoms with Crippen molar-refractivity contribution in [2.45, 2.75) is 85.2 Å². The minimum atomic E-state index is 0.456. The van der Waals surface area contributed by atoms with E-state index in [0.717, 1.165) is 5.92 Å². The van der Waals surface area contributed by atoms with E-state index in [1.165, 1.54) is 60.8 Å². The third-order valence-corrected chi connectivity index (χ3v) is 5.29. The fourth-order valence-electron chi connectivity index (χ4n) is 4.40. The summed E-state index contributed by atoms with van der Waals surface area (Å²) in [6, 6.07) is 5.78. The normalized spacial score (nSPS) is 19.5.